The van der Waals surface area contributed by atoms with Crippen LogP contribution in [0.15, 0.2) is 78.1 Å². The van der Waals surface area contributed by atoms with Gasteiger partial charge in [-0.15, -0.1) is 5.10 Å². The standard InChI is InChI=1S/C30H24Cl2FN7O3.C2HF3O2/c1-16-8-20(41)12-27(25-9-17(6-7-34-25)21-11-19(33)3-4-23(21)36-30(16)43)39-15-35-24(13-29(39)42)22-10-18(31)2-5-26(22)40-14-28(32)37-38-40;3-2(4,5)1(6)7/h2-7,9-11,13-16,20,27,41H,8,12H2,1H3,(H,36,43);(H,6,7)/t16-,20?,27+;/m1./s1. The van der Waals surface area contributed by atoms with Crippen LogP contribution in [0, 0.1) is 11.7 Å². The van der Waals surface area contributed by atoms with Gasteiger partial charge < -0.3 is 15.5 Å². The Morgan fingerprint density at radius 3 is 2.40 bits per heavy atom. The highest BCUT2D eigenvalue weighted by molar-refractivity contribution is 6.31. The number of amides is 1. The summed E-state index contributed by atoms with van der Waals surface area (Å²) in [6.07, 6.45) is -1.38. The van der Waals surface area contributed by atoms with Crippen molar-refractivity contribution in [3.8, 4) is 28.1 Å². The first-order valence-electron chi connectivity index (χ1n) is 14.6. The maximum atomic E-state index is 14.3. The van der Waals surface area contributed by atoms with E-state index in [1.165, 1.54) is 46.0 Å². The largest absolute Gasteiger partial charge is 0.490 e. The maximum absolute atomic E-state index is 14.3. The van der Waals surface area contributed by atoms with Crippen LogP contribution in [0.5, 0.6) is 0 Å². The summed E-state index contributed by atoms with van der Waals surface area (Å²) in [6, 6.07) is 13.2. The summed E-state index contributed by atoms with van der Waals surface area (Å²) in [6.45, 7) is 1.70. The third-order valence-corrected chi connectivity index (χ3v) is 8.01. The molecule has 18 heteroatoms. The molecule has 2 bridgehead atoms. The molecule has 0 aliphatic carbocycles. The van der Waals surface area contributed by atoms with Crippen molar-refractivity contribution in [3.05, 3.63) is 105 Å². The van der Waals surface area contributed by atoms with E-state index in [9.17, 15) is 32.3 Å². The predicted octanol–water partition coefficient (Wildman–Crippen LogP) is 5.95. The Labute approximate surface area is 290 Å². The number of aliphatic carboxylic acids is 1. The third-order valence-electron chi connectivity index (χ3n) is 7.60. The van der Waals surface area contributed by atoms with Gasteiger partial charge in [0.1, 0.15) is 5.82 Å². The number of halogens is 6. The molecule has 50 heavy (non-hydrogen) atoms. The number of fused-ring (bicyclic) bond motifs is 4. The van der Waals surface area contributed by atoms with E-state index in [2.05, 4.69) is 25.6 Å². The summed E-state index contributed by atoms with van der Waals surface area (Å²) in [7, 11) is 0. The molecule has 0 fully saturated rings. The van der Waals surface area contributed by atoms with E-state index in [4.69, 9.17) is 33.1 Å². The van der Waals surface area contributed by atoms with E-state index in [1.54, 1.807) is 43.5 Å². The first kappa shape index (κ1) is 36.1. The number of carbonyl (C=O) groups is 2. The van der Waals surface area contributed by atoms with Gasteiger partial charge in [-0.2, -0.15) is 13.2 Å². The number of hydrogen-bond donors (Lipinski definition) is 3. The SMILES string of the molecule is C[C@@H]1CC(O)C[C@H](n2cnc(-c3cc(Cl)ccc3-n3cc(Cl)nn3)cc2=O)c2cc(ccn2)-c2cc(F)ccc2NC1=O.O=C(O)C(F)(F)F. The number of carbonyl (C=O) groups excluding carboxylic acids is 1. The number of nitrogens with zero attached hydrogens (tertiary/aromatic N) is 6. The zero-order valence-electron chi connectivity index (χ0n) is 25.6. The summed E-state index contributed by atoms with van der Waals surface area (Å²) in [4.78, 5) is 44.6. The van der Waals surface area contributed by atoms with Crippen molar-refractivity contribution in [3.63, 3.8) is 0 Å². The zero-order chi connectivity index (χ0) is 36.3. The second-order valence-corrected chi connectivity index (χ2v) is 12.0. The van der Waals surface area contributed by atoms with Crippen LogP contribution >= 0.6 is 23.2 Å². The molecule has 12 nitrogen and oxygen atoms in total. The summed E-state index contributed by atoms with van der Waals surface area (Å²) in [5.41, 5.74) is 2.93. The minimum Gasteiger partial charge on any atom is -0.475 e. The number of carboxylic acid groups (broad SMARTS) is 1. The number of benzene rings is 2. The fourth-order valence-electron chi connectivity index (χ4n) is 5.23. The third kappa shape index (κ3) is 8.33. The van der Waals surface area contributed by atoms with Crippen molar-refractivity contribution in [1.82, 2.24) is 29.5 Å². The Kier molecular flexibility index (Phi) is 10.6. The van der Waals surface area contributed by atoms with Crippen LogP contribution in [0.2, 0.25) is 10.2 Å². The molecule has 1 aliphatic heterocycles. The number of hydrogen-bond acceptors (Lipinski definition) is 8. The van der Waals surface area contributed by atoms with Crippen LogP contribution in [0.4, 0.5) is 23.2 Å². The lowest BCUT2D eigenvalue weighted by Gasteiger charge is -2.25. The molecule has 3 N–H and O–H groups in total. The van der Waals surface area contributed by atoms with Crippen LogP contribution in [0.1, 0.15) is 31.5 Å². The number of rotatable bonds is 3. The second kappa shape index (κ2) is 14.7. The zero-order valence-corrected chi connectivity index (χ0v) is 27.2. The molecule has 1 amide bonds. The van der Waals surface area contributed by atoms with Crippen molar-refractivity contribution in [2.75, 3.05) is 5.32 Å². The van der Waals surface area contributed by atoms with Gasteiger partial charge in [-0.25, -0.2) is 18.9 Å². The number of pyridine rings is 1. The average Bonchev–Trinajstić information content (AvgIpc) is 3.49. The topological polar surface area (TPSA) is 165 Å². The average molecular weight is 734 g/mol. The molecular formula is C32H25Cl2F4N7O5. The van der Waals surface area contributed by atoms with Crippen LogP contribution in [0.25, 0.3) is 28.1 Å². The number of anilines is 1. The van der Waals surface area contributed by atoms with Crippen LogP contribution < -0.4 is 10.9 Å². The van der Waals surface area contributed by atoms with E-state index < -0.39 is 41.6 Å². The molecule has 0 saturated heterocycles. The molecule has 0 saturated carbocycles. The number of nitrogens with one attached hydrogen (secondary N) is 1. The molecule has 3 atom stereocenters. The Balaban J connectivity index is 0.000000630. The molecule has 260 valence electrons. The van der Waals surface area contributed by atoms with Gasteiger partial charge in [0, 0.05) is 40.0 Å². The number of aliphatic hydroxyl groups excluding tert-OH is 1. The Bertz CT molecular complexity index is 2130. The monoisotopic (exact) mass is 733 g/mol. The molecule has 0 spiro atoms. The molecule has 6 rings (SSSR count). The van der Waals surface area contributed by atoms with Crippen molar-refractivity contribution < 1.29 is 37.4 Å². The van der Waals surface area contributed by atoms with Gasteiger partial charge in [0.15, 0.2) is 5.15 Å². The molecule has 3 aromatic heterocycles. The van der Waals surface area contributed by atoms with Gasteiger partial charge in [0.25, 0.3) is 5.56 Å². The quantitative estimate of drug-likeness (QED) is 0.190. The van der Waals surface area contributed by atoms with Crippen LogP contribution in [-0.2, 0) is 9.59 Å². The molecule has 1 aliphatic rings. The van der Waals surface area contributed by atoms with Gasteiger partial charge in [0.2, 0.25) is 5.91 Å². The van der Waals surface area contributed by atoms with Crippen LogP contribution in [0.3, 0.4) is 0 Å². The first-order valence-corrected chi connectivity index (χ1v) is 15.4. The first-order chi connectivity index (χ1) is 23.6. The molecule has 1 unspecified atom stereocenters. The van der Waals surface area contributed by atoms with Gasteiger partial charge in [-0.3, -0.25) is 19.1 Å². The van der Waals surface area contributed by atoms with Crippen molar-refractivity contribution in [2.45, 2.75) is 38.1 Å². The van der Waals surface area contributed by atoms with Gasteiger partial charge in [0.05, 0.1) is 41.7 Å². The summed E-state index contributed by atoms with van der Waals surface area (Å²) in [5.74, 6) is -4.11. The minimum atomic E-state index is -5.08. The normalized spacial score (nSPS) is 17.7. The van der Waals surface area contributed by atoms with Gasteiger partial charge >= 0.3 is 12.1 Å². The summed E-state index contributed by atoms with van der Waals surface area (Å²) < 4.78 is 48.9. The molecular weight excluding hydrogens is 709 g/mol. The minimum absolute atomic E-state index is 0.0743. The lowest BCUT2D eigenvalue weighted by atomic mass is 9.93. The smallest absolute Gasteiger partial charge is 0.475 e. The fraction of sp³-hybridized carbons (Fsp3) is 0.219. The van der Waals surface area contributed by atoms with E-state index >= 15 is 0 Å². The van der Waals surface area contributed by atoms with E-state index in [0.717, 1.165) is 0 Å². The number of aromatic nitrogens is 6. The van der Waals surface area contributed by atoms with E-state index in [0.29, 0.717) is 44.5 Å². The highest BCUT2D eigenvalue weighted by Gasteiger charge is 2.38. The van der Waals surface area contributed by atoms with Crippen molar-refractivity contribution in [1.29, 1.82) is 0 Å². The lowest BCUT2D eigenvalue weighted by molar-refractivity contribution is -0.192. The number of carboxylic acids is 1. The van der Waals surface area contributed by atoms with Gasteiger partial charge in [-0.05, 0) is 66.9 Å². The Hall–Kier alpha value is -5.19. The number of alkyl halides is 3. The fourth-order valence-corrected chi connectivity index (χ4v) is 5.53. The molecule has 0 radical (unpaired) electrons. The summed E-state index contributed by atoms with van der Waals surface area (Å²) in [5, 5.41) is 29.5. The van der Waals surface area contributed by atoms with E-state index in [-0.39, 0.29) is 23.9 Å². The highest BCUT2D eigenvalue weighted by atomic mass is 35.5. The van der Waals surface area contributed by atoms with Crippen molar-refractivity contribution in [2.24, 2.45) is 5.92 Å². The van der Waals surface area contributed by atoms with Gasteiger partial charge in [-0.1, -0.05) is 35.3 Å². The molecule has 4 heterocycles. The Morgan fingerprint density at radius 1 is 1.00 bits per heavy atom. The van der Waals surface area contributed by atoms with Crippen molar-refractivity contribution >= 4 is 40.8 Å². The maximum Gasteiger partial charge on any atom is 0.490 e. The number of aliphatic hydroxyl groups is 1. The van der Waals surface area contributed by atoms with Crippen LogP contribution in [-0.4, -0.2) is 63.9 Å². The molecule has 5 aromatic rings. The van der Waals surface area contributed by atoms with E-state index in [1.807, 2.05) is 0 Å². The summed E-state index contributed by atoms with van der Waals surface area (Å²) >= 11 is 12.3. The highest BCUT2D eigenvalue weighted by Crippen LogP contribution is 2.34. The lowest BCUT2D eigenvalue weighted by Crippen LogP contribution is -2.31. The Morgan fingerprint density at radius 2 is 1.74 bits per heavy atom. The molecule has 2 aromatic carbocycles. The predicted molar refractivity (Wildman–Crippen MR) is 173 cm³/mol. The second-order valence-electron chi connectivity index (χ2n) is 11.2.